The van der Waals surface area contributed by atoms with E-state index in [4.69, 9.17) is 4.74 Å². The summed E-state index contributed by atoms with van der Waals surface area (Å²) in [5.74, 6) is -0.445. The van der Waals surface area contributed by atoms with Crippen LogP contribution < -0.4 is 4.74 Å². The molecule has 2 aromatic rings. The second-order valence-electron chi connectivity index (χ2n) is 7.96. The number of aryl methyl sites for hydroxylation is 1. The number of Topliss-reactive ketones (excluding diaryl/α,β-unsaturated/α-hetero) is 1. The number of hydrogen-bond acceptors (Lipinski definition) is 6. The van der Waals surface area contributed by atoms with Gasteiger partial charge in [-0.15, -0.1) is 0 Å². The highest BCUT2D eigenvalue weighted by molar-refractivity contribution is 7.89. The van der Waals surface area contributed by atoms with Crippen molar-refractivity contribution >= 4 is 21.5 Å². The van der Waals surface area contributed by atoms with Gasteiger partial charge in [0.1, 0.15) is 0 Å². The number of ketones is 1. The van der Waals surface area contributed by atoms with Crippen molar-refractivity contribution in [3.63, 3.8) is 0 Å². The zero-order chi connectivity index (χ0) is 22.9. The molecule has 31 heavy (non-hydrogen) atoms. The fourth-order valence-electron chi connectivity index (χ4n) is 4.07. The molecule has 9 nitrogen and oxygen atoms in total. The molecule has 0 atom stereocenters. The van der Waals surface area contributed by atoms with E-state index in [9.17, 15) is 23.3 Å². The first-order chi connectivity index (χ1) is 14.5. The van der Waals surface area contributed by atoms with Crippen LogP contribution in [0.4, 0.5) is 5.69 Å². The number of nitro groups is 1. The molecule has 1 fully saturated rings. The summed E-state index contributed by atoms with van der Waals surface area (Å²) in [6, 6.07) is 5.49. The largest absolute Gasteiger partial charge is 0.478 e. The van der Waals surface area contributed by atoms with E-state index in [0.717, 1.165) is 30.3 Å². The summed E-state index contributed by atoms with van der Waals surface area (Å²) in [4.78, 5) is 23.4. The Bertz CT molecular complexity index is 1110. The van der Waals surface area contributed by atoms with E-state index < -0.39 is 20.6 Å². The SMILES string of the molecule is Cc1cc(C(=O)COc2ccc(S(=O)(=O)N3CCCC3)cc2[N+](=O)[O-])c(C)n1C(C)C. The molecule has 1 saturated heterocycles. The van der Waals surface area contributed by atoms with Crippen molar-refractivity contribution in [3.05, 3.63) is 51.3 Å². The van der Waals surface area contributed by atoms with Crippen molar-refractivity contribution in [1.82, 2.24) is 8.87 Å². The lowest BCUT2D eigenvalue weighted by Gasteiger charge is -2.16. The normalized spacial score (nSPS) is 14.9. The van der Waals surface area contributed by atoms with Crippen LogP contribution in [0.1, 0.15) is 54.5 Å². The molecule has 2 heterocycles. The summed E-state index contributed by atoms with van der Waals surface area (Å²) in [5.41, 5.74) is 1.77. The Morgan fingerprint density at radius 3 is 2.39 bits per heavy atom. The summed E-state index contributed by atoms with van der Waals surface area (Å²) < 4.78 is 34.2. The fraction of sp³-hybridized carbons (Fsp3) is 0.476. The summed E-state index contributed by atoms with van der Waals surface area (Å²) in [5, 5.41) is 11.5. The second kappa shape index (κ2) is 8.80. The molecule has 0 amide bonds. The van der Waals surface area contributed by atoms with Gasteiger partial charge < -0.3 is 9.30 Å². The number of carbonyl (C=O) groups is 1. The molecule has 1 aliphatic heterocycles. The van der Waals surface area contributed by atoms with Gasteiger partial charge in [-0.05, 0) is 58.7 Å². The molecule has 1 aromatic heterocycles. The zero-order valence-electron chi connectivity index (χ0n) is 18.1. The van der Waals surface area contributed by atoms with Crippen LogP contribution in [0, 0.1) is 24.0 Å². The summed E-state index contributed by atoms with van der Waals surface area (Å²) in [7, 11) is -3.80. The lowest BCUT2D eigenvalue weighted by atomic mass is 10.1. The number of rotatable bonds is 8. The number of aromatic nitrogens is 1. The monoisotopic (exact) mass is 449 g/mol. The van der Waals surface area contributed by atoms with Crippen molar-refractivity contribution in [2.75, 3.05) is 19.7 Å². The maximum Gasteiger partial charge on any atom is 0.312 e. The van der Waals surface area contributed by atoms with Gasteiger partial charge in [0.15, 0.2) is 12.4 Å². The number of nitrogens with zero attached hydrogens (tertiary/aromatic N) is 3. The first kappa shape index (κ1) is 23.0. The smallest absolute Gasteiger partial charge is 0.312 e. The lowest BCUT2D eigenvalue weighted by molar-refractivity contribution is -0.386. The van der Waals surface area contributed by atoms with E-state index in [0.29, 0.717) is 18.7 Å². The maximum atomic E-state index is 12.7. The molecule has 3 rings (SSSR count). The first-order valence-corrected chi connectivity index (χ1v) is 11.6. The minimum absolute atomic E-state index is 0.142. The molecule has 0 bridgehead atoms. The van der Waals surface area contributed by atoms with Crippen LogP contribution in [0.5, 0.6) is 5.75 Å². The standard InChI is InChI=1S/C21H27N3O6S/c1-14(2)23-15(3)11-18(16(23)4)20(25)13-30-21-8-7-17(12-19(21)24(26)27)31(28,29)22-9-5-6-10-22/h7-8,11-12,14H,5-6,9-10,13H2,1-4H3. The molecule has 0 unspecified atom stereocenters. The van der Waals surface area contributed by atoms with Gasteiger partial charge in [-0.1, -0.05) is 0 Å². The topological polar surface area (TPSA) is 112 Å². The highest BCUT2D eigenvalue weighted by atomic mass is 32.2. The number of sulfonamides is 1. The quantitative estimate of drug-likeness (QED) is 0.345. The van der Waals surface area contributed by atoms with Gasteiger partial charge in [0.2, 0.25) is 15.8 Å². The van der Waals surface area contributed by atoms with E-state index in [1.807, 2.05) is 32.3 Å². The van der Waals surface area contributed by atoms with E-state index in [-0.39, 0.29) is 29.1 Å². The van der Waals surface area contributed by atoms with Crippen molar-refractivity contribution < 1.29 is 22.9 Å². The Balaban J connectivity index is 1.83. The van der Waals surface area contributed by atoms with Crippen molar-refractivity contribution in [3.8, 4) is 5.75 Å². The van der Waals surface area contributed by atoms with Crippen molar-refractivity contribution in [2.24, 2.45) is 0 Å². The van der Waals surface area contributed by atoms with Crippen LogP contribution in [0.25, 0.3) is 0 Å². The maximum absolute atomic E-state index is 12.7. The van der Waals surface area contributed by atoms with Crippen molar-refractivity contribution in [2.45, 2.75) is 51.5 Å². The number of hydrogen-bond donors (Lipinski definition) is 0. The third-order valence-corrected chi connectivity index (χ3v) is 7.38. The number of ether oxygens (including phenoxy) is 1. The van der Waals surface area contributed by atoms with Crippen LogP contribution in [0.15, 0.2) is 29.2 Å². The molecule has 10 heteroatoms. The first-order valence-electron chi connectivity index (χ1n) is 10.2. The third-order valence-electron chi connectivity index (χ3n) is 5.49. The molecule has 1 aliphatic rings. The molecule has 0 aliphatic carbocycles. The Hall–Kier alpha value is -2.72. The highest BCUT2D eigenvalue weighted by Gasteiger charge is 2.30. The van der Waals surface area contributed by atoms with Gasteiger partial charge in [-0.25, -0.2) is 8.42 Å². The molecule has 0 N–H and O–H groups in total. The zero-order valence-corrected chi connectivity index (χ0v) is 18.9. The summed E-state index contributed by atoms with van der Waals surface area (Å²) >= 11 is 0. The molecular formula is C21H27N3O6S. The molecule has 168 valence electrons. The molecule has 0 radical (unpaired) electrons. The van der Waals surface area contributed by atoms with Gasteiger partial charge in [-0.2, -0.15) is 4.31 Å². The Morgan fingerprint density at radius 1 is 1.19 bits per heavy atom. The summed E-state index contributed by atoms with van der Waals surface area (Å²) in [6.45, 7) is 8.21. The fourth-order valence-corrected chi connectivity index (χ4v) is 5.61. The second-order valence-corrected chi connectivity index (χ2v) is 9.90. The van der Waals surface area contributed by atoms with E-state index >= 15 is 0 Å². The average molecular weight is 450 g/mol. The lowest BCUT2D eigenvalue weighted by Crippen LogP contribution is -2.27. The minimum Gasteiger partial charge on any atom is -0.478 e. The third kappa shape index (κ3) is 4.49. The Labute approximate surface area is 181 Å². The number of benzene rings is 1. The van der Waals surface area contributed by atoms with Gasteiger partial charge in [0.25, 0.3) is 0 Å². The Morgan fingerprint density at radius 2 is 1.84 bits per heavy atom. The van der Waals surface area contributed by atoms with Crippen LogP contribution in [0.3, 0.4) is 0 Å². The van der Waals surface area contributed by atoms with Crippen LogP contribution in [0.2, 0.25) is 0 Å². The molecular weight excluding hydrogens is 422 g/mol. The summed E-state index contributed by atoms with van der Waals surface area (Å²) in [6.07, 6.45) is 1.53. The van der Waals surface area contributed by atoms with Crippen LogP contribution >= 0.6 is 0 Å². The van der Waals surface area contributed by atoms with Gasteiger partial charge in [0, 0.05) is 42.1 Å². The predicted molar refractivity (Wildman–Crippen MR) is 115 cm³/mol. The Kier molecular flexibility index (Phi) is 6.51. The van der Waals surface area contributed by atoms with Crippen LogP contribution in [-0.2, 0) is 10.0 Å². The van der Waals surface area contributed by atoms with Crippen molar-refractivity contribution in [1.29, 1.82) is 0 Å². The van der Waals surface area contributed by atoms with E-state index in [2.05, 4.69) is 0 Å². The number of nitro benzene ring substituents is 1. The van der Waals surface area contributed by atoms with Gasteiger partial charge >= 0.3 is 5.69 Å². The van der Waals surface area contributed by atoms with Gasteiger partial charge in [0.05, 0.1) is 9.82 Å². The van der Waals surface area contributed by atoms with Crippen LogP contribution in [-0.4, -0.2) is 47.7 Å². The average Bonchev–Trinajstić information content (AvgIpc) is 3.34. The molecule has 1 aromatic carbocycles. The molecule has 0 spiro atoms. The minimum atomic E-state index is -3.80. The van der Waals surface area contributed by atoms with E-state index in [1.165, 1.54) is 16.4 Å². The molecule has 0 saturated carbocycles. The van der Waals surface area contributed by atoms with Gasteiger partial charge in [-0.3, -0.25) is 14.9 Å². The van der Waals surface area contributed by atoms with E-state index in [1.54, 1.807) is 6.07 Å². The highest BCUT2D eigenvalue weighted by Crippen LogP contribution is 2.32. The predicted octanol–water partition coefficient (Wildman–Crippen LogP) is 3.64. The number of carbonyl (C=O) groups excluding carboxylic acids is 1.